The van der Waals surface area contributed by atoms with Crippen LogP contribution >= 0.6 is 0 Å². The molecule has 0 aliphatic carbocycles. The molecule has 2 aliphatic rings. The molecule has 2 rings (SSSR count). The topological polar surface area (TPSA) is 32.5 Å². The van der Waals surface area contributed by atoms with Gasteiger partial charge in [0.15, 0.2) is 0 Å². The van der Waals surface area contributed by atoms with E-state index in [0.717, 1.165) is 12.5 Å². The van der Waals surface area contributed by atoms with Crippen LogP contribution in [-0.4, -0.2) is 55.1 Å². The molecular weight excluding hydrogens is 222 g/mol. The summed E-state index contributed by atoms with van der Waals surface area (Å²) in [7, 11) is 2.24. The molecule has 1 atom stereocenters. The number of hydrogen-bond acceptors (Lipinski definition) is 3. The lowest BCUT2D eigenvalue weighted by Crippen LogP contribution is -2.63. The van der Waals surface area contributed by atoms with Crippen LogP contribution < -0.4 is 5.73 Å². The minimum atomic E-state index is 0.282. The van der Waals surface area contributed by atoms with E-state index < -0.39 is 0 Å². The number of likely N-dealkylation sites (N-methyl/N-ethyl adjacent to an activating group) is 1. The van der Waals surface area contributed by atoms with E-state index in [-0.39, 0.29) is 5.54 Å². The van der Waals surface area contributed by atoms with Crippen molar-refractivity contribution in [2.75, 3.05) is 39.8 Å². The molecule has 1 unspecified atom stereocenters. The van der Waals surface area contributed by atoms with Crippen molar-refractivity contribution < 1.29 is 0 Å². The van der Waals surface area contributed by atoms with E-state index in [9.17, 15) is 0 Å². The Balaban J connectivity index is 1.93. The zero-order valence-electron chi connectivity index (χ0n) is 12.3. The third kappa shape index (κ3) is 3.06. The van der Waals surface area contributed by atoms with Gasteiger partial charge in [0, 0.05) is 18.6 Å². The van der Waals surface area contributed by atoms with Crippen molar-refractivity contribution in [3.63, 3.8) is 0 Å². The van der Waals surface area contributed by atoms with Gasteiger partial charge < -0.3 is 10.6 Å². The summed E-state index contributed by atoms with van der Waals surface area (Å²) < 4.78 is 0. The molecule has 0 spiro atoms. The second kappa shape index (κ2) is 6.36. The van der Waals surface area contributed by atoms with Crippen molar-refractivity contribution in [3.05, 3.63) is 0 Å². The van der Waals surface area contributed by atoms with Crippen molar-refractivity contribution in [3.8, 4) is 0 Å². The van der Waals surface area contributed by atoms with E-state index in [0.29, 0.717) is 0 Å². The van der Waals surface area contributed by atoms with Crippen molar-refractivity contribution in [2.45, 2.75) is 51.0 Å². The molecule has 0 bridgehead atoms. The Hall–Kier alpha value is -0.120. The molecular formula is C15H31N3. The number of hydrogen-bond donors (Lipinski definition) is 1. The fraction of sp³-hybridized carbons (Fsp3) is 1.00. The monoisotopic (exact) mass is 253 g/mol. The highest BCUT2D eigenvalue weighted by atomic mass is 15.3. The molecule has 0 radical (unpaired) electrons. The van der Waals surface area contributed by atoms with Crippen LogP contribution in [-0.2, 0) is 0 Å². The summed E-state index contributed by atoms with van der Waals surface area (Å²) in [5.41, 5.74) is 6.44. The van der Waals surface area contributed by atoms with Gasteiger partial charge in [-0.15, -0.1) is 0 Å². The van der Waals surface area contributed by atoms with Crippen LogP contribution in [0, 0.1) is 5.92 Å². The molecule has 3 nitrogen and oxygen atoms in total. The average Bonchev–Trinajstić information content (AvgIpc) is 2.40. The summed E-state index contributed by atoms with van der Waals surface area (Å²) in [4.78, 5) is 5.18. The van der Waals surface area contributed by atoms with Gasteiger partial charge in [-0.25, -0.2) is 0 Å². The van der Waals surface area contributed by atoms with Crippen molar-refractivity contribution in [2.24, 2.45) is 11.7 Å². The Kier molecular flexibility index (Phi) is 5.05. The summed E-state index contributed by atoms with van der Waals surface area (Å²) >= 11 is 0. The van der Waals surface area contributed by atoms with Gasteiger partial charge in [-0.05, 0) is 58.3 Å². The van der Waals surface area contributed by atoms with Gasteiger partial charge in [0.25, 0.3) is 0 Å². The molecule has 2 heterocycles. The molecule has 0 aromatic carbocycles. The fourth-order valence-corrected chi connectivity index (χ4v) is 4.00. The molecule has 2 aliphatic heterocycles. The Morgan fingerprint density at radius 1 is 1.22 bits per heavy atom. The largest absolute Gasteiger partial charge is 0.329 e. The number of rotatable bonds is 4. The van der Waals surface area contributed by atoms with Crippen LogP contribution in [0.5, 0.6) is 0 Å². The third-order valence-corrected chi connectivity index (χ3v) is 5.11. The lowest BCUT2D eigenvalue weighted by Gasteiger charge is -2.51. The molecule has 0 amide bonds. The second-order valence-corrected chi connectivity index (χ2v) is 6.49. The third-order valence-electron chi connectivity index (χ3n) is 5.11. The smallest absolute Gasteiger partial charge is 0.0458 e. The Morgan fingerprint density at radius 2 is 1.94 bits per heavy atom. The fourth-order valence-electron chi connectivity index (χ4n) is 4.00. The van der Waals surface area contributed by atoms with Crippen LogP contribution in [0.3, 0.4) is 0 Å². The highest BCUT2D eigenvalue weighted by Gasteiger charge is 2.39. The summed E-state index contributed by atoms with van der Waals surface area (Å²) in [6.07, 6.45) is 8.15. The first kappa shape index (κ1) is 14.3. The number of nitrogens with two attached hydrogens (primary N) is 1. The van der Waals surface area contributed by atoms with Crippen molar-refractivity contribution >= 4 is 0 Å². The maximum atomic E-state index is 6.16. The zero-order chi connectivity index (χ0) is 13.0. The Bertz CT molecular complexity index is 248. The van der Waals surface area contributed by atoms with Gasteiger partial charge in [-0.1, -0.05) is 19.8 Å². The van der Waals surface area contributed by atoms with Crippen molar-refractivity contribution in [1.29, 1.82) is 0 Å². The molecule has 2 fully saturated rings. The predicted octanol–water partition coefficient (Wildman–Crippen LogP) is 1.92. The lowest BCUT2D eigenvalue weighted by atomic mass is 9.83. The molecule has 3 heteroatoms. The highest BCUT2D eigenvalue weighted by Crippen LogP contribution is 2.31. The summed E-state index contributed by atoms with van der Waals surface area (Å²) in [5.74, 6) is 0.974. The Morgan fingerprint density at radius 3 is 2.50 bits per heavy atom. The van der Waals surface area contributed by atoms with Gasteiger partial charge in [0.1, 0.15) is 0 Å². The summed E-state index contributed by atoms with van der Waals surface area (Å²) in [5, 5.41) is 0. The van der Waals surface area contributed by atoms with E-state index in [1.165, 1.54) is 64.7 Å². The van der Waals surface area contributed by atoms with Crippen LogP contribution in [0.4, 0.5) is 0 Å². The number of nitrogens with zero attached hydrogens (tertiary/aromatic N) is 2. The number of piperidine rings is 2. The first-order chi connectivity index (χ1) is 8.70. The van der Waals surface area contributed by atoms with Crippen LogP contribution in [0.1, 0.15) is 45.4 Å². The quantitative estimate of drug-likeness (QED) is 0.831. The molecule has 0 saturated carbocycles. The van der Waals surface area contributed by atoms with Gasteiger partial charge in [-0.2, -0.15) is 0 Å². The van der Waals surface area contributed by atoms with Crippen LogP contribution in [0.15, 0.2) is 0 Å². The molecule has 2 saturated heterocycles. The Labute approximate surface area is 113 Å². The minimum absolute atomic E-state index is 0.282. The van der Waals surface area contributed by atoms with Crippen LogP contribution in [0.2, 0.25) is 0 Å². The first-order valence-corrected chi connectivity index (χ1v) is 7.84. The van der Waals surface area contributed by atoms with Gasteiger partial charge in [0.2, 0.25) is 0 Å². The standard InChI is InChI=1S/C15H31N3/c1-3-5-14-6-10-18(11-7-14)15(12-16)8-4-9-17(2)13-15/h14H,3-13,16H2,1-2H3. The van der Waals surface area contributed by atoms with E-state index in [2.05, 4.69) is 23.8 Å². The second-order valence-electron chi connectivity index (χ2n) is 6.49. The van der Waals surface area contributed by atoms with E-state index in [1.807, 2.05) is 0 Å². The highest BCUT2D eigenvalue weighted by molar-refractivity contribution is 4.98. The molecule has 18 heavy (non-hydrogen) atoms. The van der Waals surface area contributed by atoms with Gasteiger partial charge in [0.05, 0.1) is 0 Å². The summed E-state index contributed by atoms with van der Waals surface area (Å²) in [6, 6.07) is 0. The molecule has 0 aromatic heterocycles. The van der Waals surface area contributed by atoms with Gasteiger partial charge >= 0.3 is 0 Å². The molecule has 2 N–H and O–H groups in total. The van der Waals surface area contributed by atoms with E-state index in [4.69, 9.17) is 5.73 Å². The number of likely N-dealkylation sites (tertiary alicyclic amines) is 2. The lowest BCUT2D eigenvalue weighted by molar-refractivity contribution is 0.00224. The maximum absolute atomic E-state index is 6.16. The zero-order valence-corrected chi connectivity index (χ0v) is 12.3. The predicted molar refractivity (Wildman–Crippen MR) is 77.7 cm³/mol. The van der Waals surface area contributed by atoms with Crippen LogP contribution in [0.25, 0.3) is 0 Å². The SMILES string of the molecule is CCCC1CCN(C2(CN)CCCN(C)C2)CC1. The van der Waals surface area contributed by atoms with Gasteiger partial charge in [-0.3, -0.25) is 4.90 Å². The molecule has 0 aromatic rings. The van der Waals surface area contributed by atoms with E-state index in [1.54, 1.807) is 0 Å². The summed E-state index contributed by atoms with van der Waals surface area (Å²) in [6.45, 7) is 8.10. The maximum Gasteiger partial charge on any atom is 0.0458 e. The first-order valence-electron chi connectivity index (χ1n) is 7.84. The average molecular weight is 253 g/mol. The molecule has 106 valence electrons. The normalized spacial score (nSPS) is 32.8. The van der Waals surface area contributed by atoms with Crippen molar-refractivity contribution in [1.82, 2.24) is 9.80 Å². The minimum Gasteiger partial charge on any atom is -0.329 e. The van der Waals surface area contributed by atoms with E-state index >= 15 is 0 Å².